The molecule has 1 aromatic carbocycles. The molecule has 0 bridgehead atoms. The third-order valence-electron chi connectivity index (χ3n) is 3.60. The summed E-state index contributed by atoms with van der Waals surface area (Å²) < 4.78 is 1.86. The summed E-state index contributed by atoms with van der Waals surface area (Å²) in [6, 6.07) is 13.1. The number of hydrogen-bond donors (Lipinski definition) is 1. The van der Waals surface area contributed by atoms with Gasteiger partial charge in [-0.1, -0.05) is 0 Å². The Morgan fingerprint density at radius 2 is 1.88 bits per heavy atom. The van der Waals surface area contributed by atoms with E-state index in [4.69, 9.17) is 0 Å². The van der Waals surface area contributed by atoms with Gasteiger partial charge in [-0.3, -0.25) is 4.79 Å². The molecule has 0 aliphatic heterocycles. The first-order chi connectivity index (χ1) is 11.6. The van der Waals surface area contributed by atoms with Crippen molar-refractivity contribution < 1.29 is 4.79 Å². The fraction of sp³-hybridized carbons (Fsp3) is 0.167. The van der Waals surface area contributed by atoms with Crippen LogP contribution in [0, 0.1) is 13.8 Å². The maximum Gasteiger partial charge on any atom is 0.256 e. The molecule has 0 atom stereocenters. The summed E-state index contributed by atoms with van der Waals surface area (Å²) in [7, 11) is 0. The van der Waals surface area contributed by atoms with Crippen molar-refractivity contribution in [2.24, 2.45) is 0 Å². The molecular formula is C18H18N4OS. The van der Waals surface area contributed by atoms with E-state index in [0.29, 0.717) is 11.4 Å². The van der Waals surface area contributed by atoms with E-state index in [-0.39, 0.29) is 5.91 Å². The molecule has 1 N–H and O–H groups in total. The predicted molar refractivity (Wildman–Crippen MR) is 97.0 cm³/mol. The molecule has 2 heterocycles. The SMILES string of the molecule is CSc1ccc(NC(=O)c2ccc(-n3nc(C)cc3C)cc2)nc1. The van der Waals surface area contributed by atoms with Gasteiger partial charge in [-0.15, -0.1) is 11.8 Å². The van der Waals surface area contributed by atoms with Gasteiger partial charge in [0.05, 0.1) is 11.4 Å². The molecule has 0 saturated carbocycles. The van der Waals surface area contributed by atoms with E-state index in [1.165, 1.54) is 0 Å². The van der Waals surface area contributed by atoms with Gasteiger partial charge in [0.15, 0.2) is 0 Å². The number of nitrogens with one attached hydrogen (secondary N) is 1. The summed E-state index contributed by atoms with van der Waals surface area (Å²) in [6.07, 6.45) is 3.73. The smallest absolute Gasteiger partial charge is 0.256 e. The van der Waals surface area contributed by atoms with E-state index < -0.39 is 0 Å². The number of carbonyl (C=O) groups excluding carboxylic acids is 1. The molecule has 24 heavy (non-hydrogen) atoms. The predicted octanol–water partition coefficient (Wildman–Crippen LogP) is 3.86. The second-order valence-electron chi connectivity index (χ2n) is 5.42. The van der Waals surface area contributed by atoms with Gasteiger partial charge in [0.25, 0.3) is 5.91 Å². The first-order valence-corrected chi connectivity index (χ1v) is 8.74. The van der Waals surface area contributed by atoms with E-state index in [9.17, 15) is 4.79 Å². The quantitative estimate of drug-likeness (QED) is 0.734. The molecule has 3 rings (SSSR count). The average Bonchev–Trinajstić information content (AvgIpc) is 2.94. The van der Waals surface area contributed by atoms with Crippen LogP contribution in [0.2, 0.25) is 0 Å². The van der Waals surface area contributed by atoms with E-state index in [0.717, 1.165) is 22.0 Å². The molecule has 0 radical (unpaired) electrons. The van der Waals surface area contributed by atoms with Gasteiger partial charge in [-0.25, -0.2) is 9.67 Å². The van der Waals surface area contributed by atoms with Crippen molar-refractivity contribution in [1.82, 2.24) is 14.8 Å². The van der Waals surface area contributed by atoms with Gasteiger partial charge in [0, 0.05) is 22.3 Å². The van der Waals surface area contributed by atoms with Crippen molar-refractivity contribution in [3.05, 3.63) is 65.6 Å². The Hall–Kier alpha value is -2.60. The van der Waals surface area contributed by atoms with Crippen molar-refractivity contribution >= 4 is 23.5 Å². The Kier molecular flexibility index (Phi) is 4.66. The Balaban J connectivity index is 1.74. The van der Waals surface area contributed by atoms with Crippen LogP contribution in [-0.2, 0) is 0 Å². The lowest BCUT2D eigenvalue weighted by Crippen LogP contribution is -2.13. The van der Waals surface area contributed by atoms with Crippen molar-refractivity contribution in [1.29, 1.82) is 0 Å². The van der Waals surface area contributed by atoms with Gasteiger partial charge in [-0.05, 0) is 62.6 Å². The first kappa shape index (κ1) is 16.3. The number of rotatable bonds is 4. The third-order valence-corrected chi connectivity index (χ3v) is 4.31. The topological polar surface area (TPSA) is 59.8 Å². The highest BCUT2D eigenvalue weighted by molar-refractivity contribution is 7.98. The van der Waals surface area contributed by atoms with Crippen LogP contribution in [0.25, 0.3) is 5.69 Å². The number of amides is 1. The molecule has 0 aliphatic carbocycles. The van der Waals surface area contributed by atoms with Gasteiger partial charge in [0.1, 0.15) is 5.82 Å². The van der Waals surface area contributed by atoms with E-state index in [1.54, 1.807) is 36.2 Å². The van der Waals surface area contributed by atoms with Crippen LogP contribution in [0.4, 0.5) is 5.82 Å². The first-order valence-electron chi connectivity index (χ1n) is 7.52. The van der Waals surface area contributed by atoms with E-state index in [1.807, 2.05) is 49.1 Å². The molecular weight excluding hydrogens is 320 g/mol. The van der Waals surface area contributed by atoms with Crippen LogP contribution in [0.5, 0.6) is 0 Å². The number of hydrogen-bond acceptors (Lipinski definition) is 4. The number of aryl methyl sites for hydroxylation is 2. The van der Waals surface area contributed by atoms with Crippen LogP contribution in [0.1, 0.15) is 21.7 Å². The van der Waals surface area contributed by atoms with E-state index >= 15 is 0 Å². The highest BCUT2D eigenvalue weighted by Crippen LogP contribution is 2.16. The lowest BCUT2D eigenvalue weighted by molar-refractivity contribution is 0.102. The molecule has 5 nitrogen and oxygen atoms in total. The second-order valence-corrected chi connectivity index (χ2v) is 6.30. The summed E-state index contributed by atoms with van der Waals surface area (Å²) in [5, 5.41) is 7.25. The number of benzene rings is 1. The molecule has 6 heteroatoms. The Labute approximate surface area is 145 Å². The Bertz CT molecular complexity index is 854. The highest BCUT2D eigenvalue weighted by Gasteiger charge is 2.09. The maximum atomic E-state index is 12.3. The number of nitrogens with zero attached hydrogens (tertiary/aromatic N) is 3. The zero-order valence-corrected chi connectivity index (χ0v) is 14.6. The van der Waals surface area contributed by atoms with Crippen molar-refractivity contribution in [2.45, 2.75) is 18.7 Å². The molecule has 1 amide bonds. The minimum atomic E-state index is -0.181. The van der Waals surface area contributed by atoms with Crippen LogP contribution < -0.4 is 5.32 Å². The van der Waals surface area contributed by atoms with Crippen LogP contribution in [0.15, 0.2) is 53.6 Å². The summed E-state index contributed by atoms with van der Waals surface area (Å²) in [4.78, 5) is 17.6. The second kappa shape index (κ2) is 6.88. The summed E-state index contributed by atoms with van der Waals surface area (Å²) in [5.41, 5.74) is 3.53. The zero-order valence-electron chi connectivity index (χ0n) is 13.8. The monoisotopic (exact) mass is 338 g/mol. The van der Waals surface area contributed by atoms with Crippen molar-refractivity contribution in [3.8, 4) is 5.69 Å². The van der Waals surface area contributed by atoms with Crippen LogP contribution in [0.3, 0.4) is 0 Å². The average molecular weight is 338 g/mol. The largest absolute Gasteiger partial charge is 0.307 e. The molecule has 0 fully saturated rings. The molecule has 2 aromatic heterocycles. The summed E-state index contributed by atoms with van der Waals surface area (Å²) in [5.74, 6) is 0.361. The maximum absolute atomic E-state index is 12.3. The van der Waals surface area contributed by atoms with Gasteiger partial charge in [-0.2, -0.15) is 5.10 Å². The molecule has 122 valence electrons. The van der Waals surface area contributed by atoms with Crippen molar-refractivity contribution in [2.75, 3.05) is 11.6 Å². The van der Waals surface area contributed by atoms with Gasteiger partial charge in [0.2, 0.25) is 0 Å². The standard InChI is InChI=1S/C18H18N4OS/c1-12-10-13(2)22(21-12)15-6-4-14(5-7-15)18(23)20-17-9-8-16(24-3)11-19-17/h4-11H,1-3H3,(H,19,20,23). The summed E-state index contributed by atoms with van der Waals surface area (Å²) >= 11 is 1.61. The fourth-order valence-corrected chi connectivity index (χ4v) is 2.77. The van der Waals surface area contributed by atoms with Crippen molar-refractivity contribution in [3.63, 3.8) is 0 Å². The van der Waals surface area contributed by atoms with Crippen LogP contribution >= 0.6 is 11.8 Å². The number of aromatic nitrogens is 3. The zero-order chi connectivity index (χ0) is 17.1. The number of pyridine rings is 1. The third kappa shape index (κ3) is 3.49. The molecule has 0 saturated heterocycles. The van der Waals surface area contributed by atoms with E-state index in [2.05, 4.69) is 15.4 Å². The molecule has 0 unspecified atom stereocenters. The fourth-order valence-electron chi connectivity index (χ4n) is 2.41. The van der Waals surface area contributed by atoms with Crippen LogP contribution in [-0.4, -0.2) is 26.9 Å². The summed E-state index contributed by atoms with van der Waals surface area (Å²) in [6.45, 7) is 3.96. The van der Waals surface area contributed by atoms with Gasteiger partial charge < -0.3 is 5.32 Å². The Morgan fingerprint density at radius 3 is 2.42 bits per heavy atom. The molecule has 0 spiro atoms. The number of thioether (sulfide) groups is 1. The lowest BCUT2D eigenvalue weighted by Gasteiger charge is -2.07. The minimum Gasteiger partial charge on any atom is -0.307 e. The van der Waals surface area contributed by atoms with Gasteiger partial charge >= 0.3 is 0 Å². The normalized spacial score (nSPS) is 10.6. The molecule has 3 aromatic rings. The highest BCUT2D eigenvalue weighted by atomic mass is 32.2. The minimum absolute atomic E-state index is 0.181. The lowest BCUT2D eigenvalue weighted by atomic mass is 10.2. The molecule has 0 aliphatic rings. The number of anilines is 1. The number of carbonyl (C=O) groups is 1. The Morgan fingerprint density at radius 1 is 1.12 bits per heavy atom.